The lowest BCUT2D eigenvalue weighted by atomic mass is 10.1. The van der Waals surface area contributed by atoms with E-state index in [0.717, 1.165) is 56.0 Å². The van der Waals surface area contributed by atoms with Crippen molar-refractivity contribution in [2.24, 2.45) is 36.8 Å². The number of Topliss-reactive ketones (excluding diaryl/α,β-unsaturated/α-hetero) is 5. The van der Waals surface area contributed by atoms with Gasteiger partial charge in [0.2, 0.25) is 0 Å². The summed E-state index contributed by atoms with van der Waals surface area (Å²) in [4.78, 5) is 82.7. The van der Waals surface area contributed by atoms with Gasteiger partial charge in [-0.2, -0.15) is 0 Å². The van der Waals surface area contributed by atoms with Crippen LogP contribution in [0.3, 0.4) is 0 Å². The van der Waals surface area contributed by atoms with Crippen LogP contribution in [0.15, 0.2) is 237 Å². The molecule has 10 N–H and O–H groups in total. The summed E-state index contributed by atoms with van der Waals surface area (Å²) in [5.74, 6) is -2.44. The van der Waals surface area contributed by atoms with Crippen molar-refractivity contribution < 1.29 is 55.4 Å². The lowest BCUT2D eigenvalue weighted by Crippen LogP contribution is -2.36. The van der Waals surface area contributed by atoms with Gasteiger partial charge in [-0.1, -0.05) is 197 Å². The highest BCUT2D eigenvalue weighted by Crippen LogP contribution is 2.30. The van der Waals surface area contributed by atoms with Crippen molar-refractivity contribution in [3.63, 3.8) is 0 Å². The van der Waals surface area contributed by atoms with E-state index < -0.39 is 29.1 Å². The van der Waals surface area contributed by atoms with E-state index in [4.69, 9.17) is 102 Å². The smallest absolute Gasteiger partial charge is 0.199 e. The molecule has 672 valence electrons. The third kappa shape index (κ3) is 38.3. The Bertz CT molecular complexity index is 5350. The molecule has 22 nitrogen and oxygen atoms in total. The van der Waals surface area contributed by atoms with Gasteiger partial charge >= 0.3 is 0 Å². The van der Waals surface area contributed by atoms with Crippen LogP contribution in [-0.4, -0.2) is 72.3 Å². The Morgan fingerprint density at radius 3 is 0.827 bits per heavy atom. The number of nitrogens with one attached hydrogen (secondary N) is 10. The standard InChI is InChI=1S/2C19H21ClFN3O2.3C18H18Cl2FN3O/c1-12(2)9-18(25)19(22-17-8-7-13(20)10-16(17)21)24-23-14-5-4-6-15(11-14)26-3;1-3-4-8-18(25)19(22-17-10-9-13(20)11-16(17)21)24-23-14-6-5-7-15(12-14)26-2;1-11(2)9-17(25)18(22-16-8-5-13(20)10-15(16)21)24-23-14-6-3-12(19)4-7-14;2*1-2-3-8-17(25)18(22-16-10-9-12(19)11-14(16)21)24-23-15-7-5-4-6-13(15)20/h4-8,10-12,23H,9H2,1-3H3,(H,22,24);5-7,9-12,23H,3-4,8H2,1-2H3,(H,22,24);3-8,10-11,23H,9H2,1-2H3,(H,22,24);2*4-7,9-11,23H,2-3,8H2,1H3,(H,22,24). The molecule has 10 aromatic carbocycles. The average Bonchev–Trinajstić information content (AvgIpc) is 0.864. The highest BCUT2D eigenvalue weighted by atomic mass is 35.5. The first-order valence-corrected chi connectivity index (χ1v) is 42.8. The number of hydrogen-bond donors (Lipinski definition) is 10. The Morgan fingerprint density at radius 2 is 0.567 bits per heavy atom. The molecule has 0 spiro atoms. The molecule has 0 aromatic heterocycles. The molecular formula is C92H96Cl8F5N15O7. The molecule has 10 aromatic rings. The van der Waals surface area contributed by atoms with Crippen LogP contribution in [-0.2, 0) is 24.0 Å². The Hall–Kier alpha value is -11.5. The van der Waals surface area contributed by atoms with Crippen LogP contribution in [0.1, 0.15) is 119 Å². The number of amidine groups is 5. The number of halogens is 13. The minimum absolute atomic E-state index is 0.00888. The fourth-order valence-electron chi connectivity index (χ4n) is 10.3. The lowest BCUT2D eigenvalue weighted by Gasteiger charge is -2.13. The number of nitrogens with zero attached hydrogens (tertiary/aromatic N) is 5. The molecule has 0 aliphatic heterocycles. The number of benzene rings is 10. The molecular weight excluding hydrogens is 1810 g/mol. The van der Waals surface area contributed by atoms with E-state index >= 15 is 0 Å². The minimum atomic E-state index is -0.604. The number of aliphatic imine (C=N–C) groups is 5. The van der Waals surface area contributed by atoms with Crippen molar-refractivity contribution in [1.82, 2.24) is 27.1 Å². The normalized spacial score (nSPS) is 11.3. The summed E-state index contributed by atoms with van der Waals surface area (Å²) in [5, 5.41) is 2.87. The van der Waals surface area contributed by atoms with E-state index in [-0.39, 0.29) is 136 Å². The highest BCUT2D eigenvalue weighted by molar-refractivity contribution is 6.42. The molecule has 0 amide bonds. The van der Waals surface area contributed by atoms with Crippen molar-refractivity contribution in [2.45, 2.75) is 119 Å². The van der Waals surface area contributed by atoms with E-state index in [1.165, 1.54) is 60.7 Å². The summed E-state index contributed by atoms with van der Waals surface area (Å²) in [6, 6.07) is 55.7. The number of carbonyl (C=O) groups excluding carboxylic acids is 5. The Kier molecular flexibility index (Phi) is 45.8. The molecule has 0 radical (unpaired) electrons. The Morgan fingerprint density at radius 1 is 0.307 bits per heavy atom. The van der Waals surface area contributed by atoms with Crippen LogP contribution < -0.4 is 63.7 Å². The van der Waals surface area contributed by atoms with Gasteiger partial charge in [0, 0.05) is 74.4 Å². The third-order valence-corrected chi connectivity index (χ3v) is 18.9. The lowest BCUT2D eigenvalue weighted by molar-refractivity contribution is -0.114. The SMILES string of the molecule is CC(C)CC(=O)C(=Nc1ccc(Cl)cc1F)NNc1ccc(Cl)cc1.CCCCC(=O)C(=Nc1ccc(Cl)cc1F)NNc1cccc(OC)c1.CCCCC(=O)C(=Nc1ccc(Cl)cc1F)NNc1ccccc1Cl.CCCCC(=O)C(=Nc1ccc(Cl)cc1F)NNc1ccccc1Cl.COc1cccc(NNC(=Nc2ccc(Cl)cc2F)C(=O)CC(C)C)c1. The van der Waals surface area contributed by atoms with Gasteiger partial charge in [-0.25, -0.2) is 46.9 Å². The van der Waals surface area contributed by atoms with Crippen molar-refractivity contribution in [2.75, 3.05) is 41.3 Å². The molecule has 0 bridgehead atoms. The van der Waals surface area contributed by atoms with E-state index in [2.05, 4.69) is 79.2 Å². The fraction of sp³-hybridized carbons (Fsp3) is 0.239. The number of hydrogen-bond acceptors (Lipinski definition) is 17. The zero-order valence-corrected chi connectivity index (χ0v) is 76.7. The second-order valence-corrected chi connectivity index (χ2v) is 31.5. The number of carbonyl (C=O) groups is 5. The summed E-state index contributed by atoms with van der Waals surface area (Å²) < 4.78 is 80.3. The van der Waals surface area contributed by atoms with Gasteiger partial charge in [-0.05, 0) is 195 Å². The number of ether oxygens (including phenoxy) is 2. The summed E-state index contributed by atoms with van der Waals surface area (Å²) >= 11 is 46.7. The maximum atomic E-state index is 14.0. The quantitative estimate of drug-likeness (QED) is 0.00764. The number of rotatable bonds is 35. The Balaban J connectivity index is 0.000000245. The summed E-state index contributed by atoms with van der Waals surface area (Å²) in [7, 11) is 3.13. The summed E-state index contributed by atoms with van der Waals surface area (Å²) in [6.07, 6.45) is 6.26. The van der Waals surface area contributed by atoms with Gasteiger partial charge in [0.05, 0.1) is 52.7 Å². The van der Waals surface area contributed by atoms with Gasteiger partial charge < -0.3 is 9.47 Å². The molecule has 0 unspecified atom stereocenters. The molecule has 0 aliphatic rings. The van der Waals surface area contributed by atoms with E-state index in [9.17, 15) is 45.9 Å². The maximum absolute atomic E-state index is 14.0. The largest absolute Gasteiger partial charge is 0.497 e. The second-order valence-electron chi connectivity index (χ2n) is 28.1. The average molecular weight is 1900 g/mol. The number of anilines is 5. The fourth-order valence-corrected chi connectivity index (χ4v) is 11.6. The van der Waals surface area contributed by atoms with Gasteiger partial charge in [-0.3, -0.25) is 78.2 Å². The van der Waals surface area contributed by atoms with Gasteiger partial charge in [-0.15, -0.1) is 0 Å². The van der Waals surface area contributed by atoms with Crippen LogP contribution in [0.4, 0.5) is 78.8 Å². The summed E-state index contributed by atoms with van der Waals surface area (Å²) in [5.41, 5.74) is 31.5. The molecule has 0 fully saturated rings. The molecule has 0 saturated carbocycles. The van der Waals surface area contributed by atoms with Gasteiger partial charge in [0.25, 0.3) is 0 Å². The van der Waals surface area contributed by atoms with Crippen LogP contribution >= 0.6 is 92.8 Å². The van der Waals surface area contributed by atoms with Crippen LogP contribution in [0.2, 0.25) is 40.2 Å². The first kappa shape index (κ1) is 104. The first-order valence-electron chi connectivity index (χ1n) is 39.8. The van der Waals surface area contributed by atoms with Crippen LogP contribution in [0.25, 0.3) is 0 Å². The molecule has 0 atom stereocenters. The van der Waals surface area contributed by atoms with Gasteiger partial charge in [0.15, 0.2) is 58.1 Å². The van der Waals surface area contributed by atoms with Crippen molar-refractivity contribution in [1.29, 1.82) is 0 Å². The zero-order chi connectivity index (χ0) is 92.9. The zero-order valence-electron chi connectivity index (χ0n) is 70.6. The Labute approximate surface area is 775 Å². The van der Waals surface area contributed by atoms with Crippen LogP contribution in [0, 0.1) is 40.9 Å². The topological polar surface area (TPSA) is 286 Å². The second kappa shape index (κ2) is 55.8. The number of unbranched alkanes of at least 4 members (excludes halogenated alkanes) is 3. The number of methoxy groups -OCH3 is 2. The molecule has 0 heterocycles. The molecule has 0 aliphatic carbocycles. The monoisotopic (exact) mass is 1900 g/mol. The number of hydrazine groups is 5. The molecule has 10 rings (SSSR count). The number of ketones is 5. The van der Waals surface area contributed by atoms with E-state index in [1.54, 1.807) is 136 Å². The number of para-hydroxylation sites is 2. The predicted octanol–water partition coefficient (Wildman–Crippen LogP) is 26.1. The third-order valence-electron chi connectivity index (χ3n) is 16.8. The van der Waals surface area contributed by atoms with E-state index in [0.29, 0.717) is 87.1 Å². The van der Waals surface area contributed by atoms with Crippen molar-refractivity contribution in [3.05, 3.63) is 282 Å². The van der Waals surface area contributed by atoms with Crippen molar-refractivity contribution in [3.8, 4) is 11.5 Å². The van der Waals surface area contributed by atoms with E-state index in [1.807, 2.05) is 48.5 Å². The summed E-state index contributed by atoms with van der Waals surface area (Å²) in [6.45, 7) is 13.7. The minimum Gasteiger partial charge on any atom is -0.497 e. The first-order chi connectivity index (χ1) is 60.8. The molecule has 127 heavy (non-hydrogen) atoms. The van der Waals surface area contributed by atoms with Gasteiger partial charge in [0.1, 0.15) is 69.0 Å². The molecule has 35 heteroatoms. The van der Waals surface area contributed by atoms with Crippen molar-refractivity contribution >= 4 is 208 Å². The predicted molar refractivity (Wildman–Crippen MR) is 509 cm³/mol. The molecule has 0 saturated heterocycles. The van der Waals surface area contributed by atoms with Crippen LogP contribution in [0.5, 0.6) is 11.5 Å². The maximum Gasteiger partial charge on any atom is 0.199 e. The highest BCUT2D eigenvalue weighted by Gasteiger charge is 2.21.